The van der Waals surface area contributed by atoms with Crippen molar-refractivity contribution in [3.05, 3.63) is 58.6 Å². The Bertz CT molecular complexity index is 640. The molecule has 1 atom stereocenters. The van der Waals surface area contributed by atoms with E-state index in [1.54, 1.807) is 6.92 Å². The summed E-state index contributed by atoms with van der Waals surface area (Å²) in [5, 5.41) is 0. The second-order valence-electron chi connectivity index (χ2n) is 4.88. The predicted octanol–water partition coefficient (Wildman–Crippen LogP) is 4.36. The monoisotopic (exact) mass is 378 g/mol. The largest absolute Gasteiger partial charge is 0.464 e. The Labute approximate surface area is 144 Å². The van der Waals surface area contributed by atoms with Gasteiger partial charge in [0.05, 0.1) is 6.61 Å². The van der Waals surface area contributed by atoms with Crippen LogP contribution in [0, 0.1) is 0 Å². The molecule has 2 aromatic rings. The van der Waals surface area contributed by atoms with Crippen molar-refractivity contribution < 1.29 is 19.0 Å². The minimum Gasteiger partial charge on any atom is -0.464 e. The minimum absolute atomic E-state index is 0.343. The number of benzene rings is 2. The summed E-state index contributed by atoms with van der Waals surface area (Å²) in [6.45, 7) is 2.12. The molecule has 0 aliphatic carbocycles. The lowest BCUT2D eigenvalue weighted by atomic mass is 10.1. The van der Waals surface area contributed by atoms with Crippen LogP contribution in [0.25, 0.3) is 0 Å². The molecule has 0 amide bonds. The highest BCUT2D eigenvalue weighted by Gasteiger charge is 2.19. The summed E-state index contributed by atoms with van der Waals surface area (Å²) in [4.78, 5) is 11.7. The van der Waals surface area contributed by atoms with Gasteiger partial charge in [0, 0.05) is 18.0 Å². The van der Waals surface area contributed by atoms with E-state index in [4.69, 9.17) is 14.2 Å². The number of methoxy groups -OCH3 is 1. The number of esters is 1. The molecule has 0 heterocycles. The van der Waals surface area contributed by atoms with Crippen LogP contribution in [-0.4, -0.2) is 25.8 Å². The van der Waals surface area contributed by atoms with Crippen LogP contribution in [0.3, 0.4) is 0 Å². The zero-order valence-electron chi connectivity index (χ0n) is 13.1. The van der Waals surface area contributed by atoms with Crippen LogP contribution >= 0.6 is 15.9 Å². The van der Waals surface area contributed by atoms with E-state index in [1.165, 1.54) is 7.11 Å². The maximum atomic E-state index is 11.7. The van der Waals surface area contributed by atoms with Crippen molar-refractivity contribution >= 4 is 21.9 Å². The Balaban J connectivity index is 2.00. The molecular formula is C18H19BrO4. The summed E-state index contributed by atoms with van der Waals surface area (Å²) in [5.74, 6) is 1.15. The van der Waals surface area contributed by atoms with Crippen molar-refractivity contribution in [3.8, 4) is 11.5 Å². The molecule has 0 aliphatic rings. The highest BCUT2D eigenvalue weighted by molar-refractivity contribution is 9.10. The summed E-state index contributed by atoms with van der Waals surface area (Å²) in [7, 11) is 1.51. The molecule has 23 heavy (non-hydrogen) atoms. The normalized spacial score (nSPS) is 11.8. The molecule has 0 aliphatic heterocycles. The third-order valence-electron chi connectivity index (χ3n) is 3.21. The van der Waals surface area contributed by atoms with E-state index in [2.05, 4.69) is 15.9 Å². The van der Waals surface area contributed by atoms with E-state index in [9.17, 15) is 4.79 Å². The number of carbonyl (C=O) groups is 1. The van der Waals surface area contributed by atoms with Gasteiger partial charge < -0.3 is 14.2 Å². The molecule has 2 aromatic carbocycles. The first-order valence-electron chi connectivity index (χ1n) is 7.34. The van der Waals surface area contributed by atoms with Gasteiger partial charge in [-0.05, 0) is 42.8 Å². The second-order valence-corrected chi connectivity index (χ2v) is 5.80. The molecule has 5 heteroatoms. The van der Waals surface area contributed by atoms with Gasteiger partial charge in [0.1, 0.15) is 11.5 Å². The summed E-state index contributed by atoms with van der Waals surface area (Å²) < 4.78 is 16.9. The molecule has 0 saturated carbocycles. The maximum Gasteiger partial charge on any atom is 0.335 e. The molecule has 0 saturated heterocycles. The third-order valence-corrected chi connectivity index (χ3v) is 3.70. The van der Waals surface area contributed by atoms with Gasteiger partial charge in [-0.15, -0.1) is 0 Å². The number of halogens is 1. The molecule has 0 fully saturated rings. The van der Waals surface area contributed by atoms with Gasteiger partial charge in [-0.25, -0.2) is 4.79 Å². The molecule has 122 valence electrons. The van der Waals surface area contributed by atoms with Crippen LogP contribution in [0.4, 0.5) is 0 Å². The van der Waals surface area contributed by atoms with Gasteiger partial charge >= 0.3 is 5.97 Å². The highest BCUT2D eigenvalue weighted by Crippen LogP contribution is 2.24. The smallest absolute Gasteiger partial charge is 0.335 e. The molecular weight excluding hydrogens is 360 g/mol. The quantitative estimate of drug-likeness (QED) is 0.671. The molecule has 0 aromatic heterocycles. The first kappa shape index (κ1) is 17.5. The van der Waals surface area contributed by atoms with Crippen LogP contribution in [0.2, 0.25) is 0 Å². The van der Waals surface area contributed by atoms with Crippen molar-refractivity contribution in [2.45, 2.75) is 19.4 Å². The molecule has 0 radical (unpaired) electrons. The van der Waals surface area contributed by atoms with Gasteiger partial charge in [-0.2, -0.15) is 0 Å². The third kappa shape index (κ3) is 5.37. The van der Waals surface area contributed by atoms with Gasteiger partial charge in [0.25, 0.3) is 0 Å². The van der Waals surface area contributed by atoms with E-state index < -0.39 is 6.10 Å². The average Bonchev–Trinajstić information content (AvgIpc) is 2.54. The van der Waals surface area contributed by atoms with Gasteiger partial charge in [0.15, 0.2) is 6.10 Å². The number of hydrogen-bond donors (Lipinski definition) is 0. The van der Waals surface area contributed by atoms with Crippen LogP contribution in [-0.2, 0) is 20.7 Å². The van der Waals surface area contributed by atoms with E-state index in [0.29, 0.717) is 13.0 Å². The lowest BCUT2D eigenvalue weighted by Gasteiger charge is -2.14. The summed E-state index contributed by atoms with van der Waals surface area (Å²) in [6, 6.07) is 15.2. The fraction of sp³-hybridized carbons (Fsp3) is 0.278. The van der Waals surface area contributed by atoms with Crippen LogP contribution in [0.15, 0.2) is 53.0 Å². The molecule has 0 spiro atoms. The first-order valence-corrected chi connectivity index (χ1v) is 8.13. The Morgan fingerprint density at radius 2 is 1.87 bits per heavy atom. The molecule has 2 rings (SSSR count). The fourth-order valence-corrected chi connectivity index (χ4v) is 2.45. The zero-order valence-corrected chi connectivity index (χ0v) is 14.7. The van der Waals surface area contributed by atoms with Crippen molar-refractivity contribution in [1.82, 2.24) is 0 Å². The topological polar surface area (TPSA) is 44.8 Å². The SMILES string of the molecule is CCOC(=O)C(Cc1ccc(Oc2cccc(Br)c2)cc1)OC. The van der Waals surface area contributed by atoms with Crippen molar-refractivity contribution in [2.75, 3.05) is 13.7 Å². The minimum atomic E-state index is -0.591. The Hall–Kier alpha value is -1.85. The number of hydrogen-bond acceptors (Lipinski definition) is 4. The van der Waals surface area contributed by atoms with Crippen LogP contribution < -0.4 is 4.74 Å². The maximum absolute atomic E-state index is 11.7. The van der Waals surface area contributed by atoms with E-state index >= 15 is 0 Å². The van der Waals surface area contributed by atoms with Gasteiger partial charge in [0.2, 0.25) is 0 Å². The van der Waals surface area contributed by atoms with Crippen molar-refractivity contribution in [3.63, 3.8) is 0 Å². The van der Waals surface area contributed by atoms with Crippen LogP contribution in [0.1, 0.15) is 12.5 Å². The molecule has 1 unspecified atom stereocenters. The number of ether oxygens (including phenoxy) is 3. The number of carbonyl (C=O) groups excluding carboxylic acids is 1. The first-order chi connectivity index (χ1) is 11.1. The summed E-state index contributed by atoms with van der Waals surface area (Å²) >= 11 is 3.41. The van der Waals surface area contributed by atoms with E-state index in [0.717, 1.165) is 21.5 Å². The van der Waals surface area contributed by atoms with E-state index in [1.807, 2.05) is 48.5 Å². The molecule has 0 bridgehead atoms. The predicted molar refractivity (Wildman–Crippen MR) is 91.8 cm³/mol. The fourth-order valence-electron chi connectivity index (χ4n) is 2.07. The standard InChI is InChI=1S/C18H19BrO4/c1-3-22-18(20)17(21-2)11-13-7-9-15(10-8-13)23-16-6-4-5-14(19)12-16/h4-10,12,17H,3,11H2,1-2H3. The van der Waals surface area contributed by atoms with E-state index in [-0.39, 0.29) is 5.97 Å². The van der Waals surface area contributed by atoms with Crippen LogP contribution in [0.5, 0.6) is 11.5 Å². The molecule has 4 nitrogen and oxygen atoms in total. The Kier molecular flexibility index (Phi) is 6.62. The zero-order chi connectivity index (χ0) is 16.7. The molecule has 0 N–H and O–H groups in total. The Morgan fingerprint density at radius 1 is 1.13 bits per heavy atom. The van der Waals surface area contributed by atoms with Gasteiger partial charge in [-0.1, -0.05) is 34.1 Å². The highest BCUT2D eigenvalue weighted by atomic mass is 79.9. The van der Waals surface area contributed by atoms with Crippen molar-refractivity contribution in [2.24, 2.45) is 0 Å². The second kappa shape index (κ2) is 8.70. The summed E-state index contributed by atoms with van der Waals surface area (Å²) in [6.07, 6.45) is -0.126. The van der Waals surface area contributed by atoms with Crippen molar-refractivity contribution in [1.29, 1.82) is 0 Å². The lowest BCUT2D eigenvalue weighted by molar-refractivity contribution is -0.154. The Morgan fingerprint density at radius 3 is 2.48 bits per heavy atom. The van der Waals surface area contributed by atoms with Gasteiger partial charge in [-0.3, -0.25) is 0 Å². The lowest BCUT2D eigenvalue weighted by Crippen LogP contribution is -2.27. The number of rotatable bonds is 7. The average molecular weight is 379 g/mol. The summed E-state index contributed by atoms with van der Waals surface area (Å²) in [5.41, 5.74) is 0.978.